The Labute approximate surface area is 99.5 Å². The van der Waals surface area contributed by atoms with Gasteiger partial charge in [-0.3, -0.25) is 0 Å². The van der Waals surface area contributed by atoms with Crippen LogP contribution in [0.1, 0.15) is 25.8 Å². The first-order valence-electron chi connectivity index (χ1n) is 5.72. The van der Waals surface area contributed by atoms with Gasteiger partial charge in [-0.05, 0) is 50.5 Å². The van der Waals surface area contributed by atoms with Gasteiger partial charge in [-0.2, -0.15) is 0 Å². The molecule has 0 saturated carbocycles. The minimum absolute atomic E-state index is 0.152. The Bertz CT molecular complexity index is 429. The van der Waals surface area contributed by atoms with E-state index in [0.717, 1.165) is 5.56 Å². The van der Waals surface area contributed by atoms with Crippen molar-refractivity contribution in [3.63, 3.8) is 0 Å². The largest absolute Gasteiger partial charge is 0.478 e. The average molecular weight is 238 g/mol. The molecule has 4 heteroatoms. The Kier molecular flexibility index (Phi) is 3.31. The highest BCUT2D eigenvalue weighted by atomic mass is 19.1. The minimum atomic E-state index is -0.574. The van der Waals surface area contributed by atoms with Crippen molar-refractivity contribution in [3.05, 3.63) is 29.6 Å². The number of carbonyl (C=O) groups excluding carboxylic acids is 1. The van der Waals surface area contributed by atoms with Gasteiger partial charge in [0.1, 0.15) is 11.6 Å². The number of halogens is 1. The highest BCUT2D eigenvalue weighted by molar-refractivity contribution is 5.75. The van der Waals surface area contributed by atoms with Crippen molar-refractivity contribution >= 4 is 5.97 Å². The van der Waals surface area contributed by atoms with E-state index in [1.54, 1.807) is 19.9 Å². The highest BCUT2D eigenvalue weighted by Crippen LogP contribution is 2.28. The van der Waals surface area contributed by atoms with E-state index in [4.69, 9.17) is 9.47 Å². The third kappa shape index (κ3) is 2.75. The molecule has 0 bridgehead atoms. The molecule has 0 saturated heterocycles. The Hall–Kier alpha value is -1.58. The molecule has 1 aliphatic heterocycles. The Morgan fingerprint density at radius 1 is 1.53 bits per heavy atom. The quantitative estimate of drug-likeness (QED) is 0.742. The smallest absolute Gasteiger partial charge is 0.347 e. The monoisotopic (exact) mass is 238 g/mol. The lowest BCUT2D eigenvalue weighted by Gasteiger charge is -2.25. The lowest BCUT2D eigenvalue weighted by Crippen LogP contribution is -2.34. The first kappa shape index (κ1) is 11.9. The van der Waals surface area contributed by atoms with E-state index in [2.05, 4.69) is 0 Å². The van der Waals surface area contributed by atoms with E-state index in [-0.39, 0.29) is 17.9 Å². The van der Waals surface area contributed by atoms with Crippen molar-refractivity contribution in [3.8, 4) is 5.75 Å². The number of fused-ring (bicyclic) bond motifs is 1. The molecule has 1 atom stereocenters. The summed E-state index contributed by atoms with van der Waals surface area (Å²) in [6.45, 7) is 3.59. The van der Waals surface area contributed by atoms with Crippen LogP contribution in [0.2, 0.25) is 0 Å². The second-order valence-electron chi connectivity index (χ2n) is 4.38. The standard InChI is InChI=1S/C13H15FO3/c1-8(2)16-13(15)12-5-3-9-7-10(14)4-6-11(9)17-12/h4,6-8,12H,3,5H2,1-2H3. The maximum atomic E-state index is 13.0. The summed E-state index contributed by atoms with van der Waals surface area (Å²) in [5.41, 5.74) is 0.804. The molecular weight excluding hydrogens is 223 g/mol. The molecule has 17 heavy (non-hydrogen) atoms. The minimum Gasteiger partial charge on any atom is -0.478 e. The molecule has 0 spiro atoms. The van der Waals surface area contributed by atoms with Gasteiger partial charge < -0.3 is 9.47 Å². The molecule has 3 nitrogen and oxygen atoms in total. The second kappa shape index (κ2) is 4.73. The maximum absolute atomic E-state index is 13.0. The van der Waals surface area contributed by atoms with Crippen LogP contribution >= 0.6 is 0 Å². The number of hydrogen-bond donors (Lipinski definition) is 0. The summed E-state index contributed by atoms with van der Waals surface area (Å²) in [7, 11) is 0. The Morgan fingerprint density at radius 3 is 3.00 bits per heavy atom. The van der Waals surface area contributed by atoms with Crippen LogP contribution in [0.3, 0.4) is 0 Å². The summed E-state index contributed by atoms with van der Waals surface area (Å²) < 4.78 is 23.6. The van der Waals surface area contributed by atoms with Gasteiger partial charge in [-0.15, -0.1) is 0 Å². The molecule has 0 aliphatic carbocycles. The van der Waals surface area contributed by atoms with E-state index >= 15 is 0 Å². The Balaban J connectivity index is 2.08. The van der Waals surface area contributed by atoms with Crippen LogP contribution in [-0.2, 0) is 16.0 Å². The molecule has 0 N–H and O–H groups in total. The number of benzene rings is 1. The number of hydrogen-bond acceptors (Lipinski definition) is 3. The zero-order valence-corrected chi connectivity index (χ0v) is 9.90. The zero-order valence-electron chi connectivity index (χ0n) is 9.90. The first-order valence-corrected chi connectivity index (χ1v) is 5.72. The zero-order chi connectivity index (χ0) is 12.4. The van der Waals surface area contributed by atoms with E-state index in [9.17, 15) is 9.18 Å². The van der Waals surface area contributed by atoms with Gasteiger partial charge in [0.15, 0.2) is 6.10 Å². The molecule has 1 heterocycles. The predicted octanol–water partition coefficient (Wildman–Crippen LogP) is 2.47. The fourth-order valence-electron chi connectivity index (χ4n) is 1.83. The van der Waals surface area contributed by atoms with Gasteiger partial charge in [-0.25, -0.2) is 9.18 Å². The number of ether oxygens (including phenoxy) is 2. The number of carbonyl (C=O) groups is 1. The van der Waals surface area contributed by atoms with E-state index in [1.807, 2.05) is 0 Å². The summed E-state index contributed by atoms with van der Waals surface area (Å²) >= 11 is 0. The van der Waals surface area contributed by atoms with Crippen molar-refractivity contribution in [2.75, 3.05) is 0 Å². The molecule has 1 aromatic rings. The first-order chi connectivity index (χ1) is 8.06. The molecule has 0 aromatic heterocycles. The van der Waals surface area contributed by atoms with Crippen molar-refractivity contribution in [1.29, 1.82) is 0 Å². The molecule has 1 aromatic carbocycles. The highest BCUT2D eigenvalue weighted by Gasteiger charge is 2.28. The van der Waals surface area contributed by atoms with Crippen molar-refractivity contribution < 1.29 is 18.7 Å². The normalized spacial score (nSPS) is 18.5. The number of esters is 1. The van der Waals surface area contributed by atoms with Crippen LogP contribution in [0.15, 0.2) is 18.2 Å². The Morgan fingerprint density at radius 2 is 2.29 bits per heavy atom. The van der Waals surface area contributed by atoms with Gasteiger partial charge in [0.05, 0.1) is 6.10 Å². The van der Waals surface area contributed by atoms with E-state index in [1.165, 1.54) is 12.1 Å². The molecule has 92 valence electrons. The fraction of sp³-hybridized carbons (Fsp3) is 0.462. The van der Waals surface area contributed by atoms with Gasteiger partial charge >= 0.3 is 5.97 Å². The SMILES string of the molecule is CC(C)OC(=O)C1CCc2cc(F)ccc2O1. The molecule has 1 unspecified atom stereocenters. The van der Waals surface area contributed by atoms with Crippen LogP contribution in [-0.4, -0.2) is 18.2 Å². The lowest BCUT2D eigenvalue weighted by atomic mass is 10.0. The topological polar surface area (TPSA) is 35.5 Å². The van der Waals surface area contributed by atoms with E-state index in [0.29, 0.717) is 18.6 Å². The summed E-state index contributed by atoms with van der Waals surface area (Å²) in [6, 6.07) is 4.33. The fourth-order valence-corrected chi connectivity index (χ4v) is 1.83. The molecule has 2 rings (SSSR count). The predicted molar refractivity (Wildman–Crippen MR) is 60.4 cm³/mol. The van der Waals surface area contributed by atoms with Crippen LogP contribution < -0.4 is 4.74 Å². The van der Waals surface area contributed by atoms with Gasteiger partial charge in [0.2, 0.25) is 0 Å². The number of aryl methyl sites for hydroxylation is 1. The molecule has 1 aliphatic rings. The third-order valence-corrected chi connectivity index (χ3v) is 2.58. The lowest BCUT2D eigenvalue weighted by molar-refractivity contribution is -0.156. The van der Waals surface area contributed by atoms with Gasteiger partial charge in [0, 0.05) is 0 Å². The van der Waals surface area contributed by atoms with Crippen LogP contribution in [0.4, 0.5) is 4.39 Å². The molecule has 0 amide bonds. The second-order valence-corrected chi connectivity index (χ2v) is 4.38. The molecule has 0 fully saturated rings. The van der Waals surface area contributed by atoms with E-state index < -0.39 is 6.10 Å². The molecular formula is C13H15FO3. The molecule has 0 radical (unpaired) electrons. The van der Waals surface area contributed by atoms with Crippen LogP contribution in [0, 0.1) is 5.82 Å². The number of rotatable bonds is 2. The van der Waals surface area contributed by atoms with Crippen LogP contribution in [0.25, 0.3) is 0 Å². The average Bonchev–Trinajstić information content (AvgIpc) is 2.27. The van der Waals surface area contributed by atoms with Crippen molar-refractivity contribution in [1.82, 2.24) is 0 Å². The van der Waals surface area contributed by atoms with Crippen LogP contribution in [0.5, 0.6) is 5.75 Å². The van der Waals surface area contributed by atoms with Crippen molar-refractivity contribution in [2.24, 2.45) is 0 Å². The van der Waals surface area contributed by atoms with Gasteiger partial charge in [0.25, 0.3) is 0 Å². The summed E-state index contributed by atoms with van der Waals surface area (Å²) in [4.78, 5) is 11.7. The maximum Gasteiger partial charge on any atom is 0.347 e. The summed E-state index contributed by atoms with van der Waals surface area (Å²) in [6.07, 6.45) is 0.434. The van der Waals surface area contributed by atoms with Gasteiger partial charge in [-0.1, -0.05) is 0 Å². The van der Waals surface area contributed by atoms with Crippen molar-refractivity contribution in [2.45, 2.75) is 38.9 Å². The summed E-state index contributed by atoms with van der Waals surface area (Å²) in [5.74, 6) is -0.0612. The summed E-state index contributed by atoms with van der Waals surface area (Å²) in [5, 5.41) is 0. The third-order valence-electron chi connectivity index (χ3n) is 2.58.